The quantitative estimate of drug-likeness (QED) is 0.540. The van der Waals surface area contributed by atoms with E-state index < -0.39 is 10.0 Å². The van der Waals surface area contributed by atoms with Gasteiger partial charge in [-0.1, -0.05) is 16.9 Å². The first kappa shape index (κ1) is 20.8. The zero-order valence-electron chi connectivity index (χ0n) is 16.3. The van der Waals surface area contributed by atoms with Crippen molar-refractivity contribution in [3.63, 3.8) is 0 Å². The van der Waals surface area contributed by atoms with Crippen LogP contribution in [-0.4, -0.2) is 65.4 Å². The Hall–Kier alpha value is -2.41. The van der Waals surface area contributed by atoms with E-state index in [1.165, 1.54) is 22.3 Å². The number of amides is 1. The Kier molecular flexibility index (Phi) is 6.09. The summed E-state index contributed by atoms with van der Waals surface area (Å²) in [6.07, 6.45) is 1.38. The van der Waals surface area contributed by atoms with E-state index in [9.17, 15) is 13.2 Å². The van der Waals surface area contributed by atoms with Gasteiger partial charge in [-0.15, -0.1) is 0 Å². The van der Waals surface area contributed by atoms with Gasteiger partial charge in [-0.3, -0.25) is 4.79 Å². The van der Waals surface area contributed by atoms with Crippen LogP contribution in [-0.2, 0) is 26.1 Å². The molecule has 0 spiro atoms. The van der Waals surface area contributed by atoms with Gasteiger partial charge in [0.2, 0.25) is 15.9 Å². The minimum absolute atomic E-state index is 0.134. The molecular weight excluding hydrogens is 430 g/mol. The highest BCUT2D eigenvalue weighted by atomic mass is 32.2. The lowest BCUT2D eigenvalue weighted by Gasteiger charge is -2.26. The zero-order valence-corrected chi connectivity index (χ0v) is 17.9. The summed E-state index contributed by atoms with van der Waals surface area (Å²) in [5.74, 6) is 0.247. The fourth-order valence-electron chi connectivity index (χ4n) is 3.19. The third-order valence-electron chi connectivity index (χ3n) is 4.65. The number of hydrogen-bond donors (Lipinski definition) is 1. The van der Waals surface area contributed by atoms with E-state index in [1.54, 1.807) is 24.3 Å². The molecule has 10 nitrogen and oxygen atoms in total. The van der Waals surface area contributed by atoms with Gasteiger partial charge in [0.1, 0.15) is 6.26 Å². The molecule has 2 aromatic heterocycles. The van der Waals surface area contributed by atoms with Crippen LogP contribution in [0.4, 0.5) is 5.82 Å². The topological polar surface area (TPSA) is 120 Å². The number of imidazole rings is 1. The maximum atomic E-state index is 12.9. The average molecular weight is 452 g/mol. The molecule has 1 fully saturated rings. The number of morpholine rings is 1. The number of aromatic nitrogens is 3. The summed E-state index contributed by atoms with van der Waals surface area (Å²) in [7, 11) is -3.60. The van der Waals surface area contributed by atoms with Crippen LogP contribution >= 0.6 is 11.8 Å². The van der Waals surface area contributed by atoms with E-state index in [1.807, 2.05) is 11.5 Å². The number of ether oxygens (including phenoxy) is 1. The van der Waals surface area contributed by atoms with Crippen LogP contribution in [0.2, 0.25) is 0 Å². The molecule has 30 heavy (non-hydrogen) atoms. The average Bonchev–Trinajstić information content (AvgIpc) is 3.39. The molecule has 0 atom stereocenters. The Morgan fingerprint density at radius 3 is 2.77 bits per heavy atom. The number of fused-ring (bicyclic) bond motifs is 1. The molecule has 1 aliphatic heterocycles. The lowest BCUT2D eigenvalue weighted by atomic mass is 10.3. The first-order valence-corrected chi connectivity index (χ1v) is 11.8. The maximum absolute atomic E-state index is 12.9. The standard InChI is InChI=1S/C18H21N5O5S2/c1-2-23-15-4-3-13(30(25,26)22-6-9-27-10-7-22)11-14(15)19-18(23)29-12-17(24)20-16-5-8-28-21-16/h3-5,8,11H,2,6-7,9-10,12H2,1H3,(H,20,21,24). The second kappa shape index (κ2) is 8.76. The Morgan fingerprint density at radius 2 is 2.07 bits per heavy atom. The largest absolute Gasteiger partial charge is 0.379 e. The molecule has 0 radical (unpaired) electrons. The summed E-state index contributed by atoms with van der Waals surface area (Å²) in [5, 5.41) is 6.92. The Balaban J connectivity index is 1.55. The van der Waals surface area contributed by atoms with Crippen molar-refractivity contribution in [1.29, 1.82) is 0 Å². The first-order valence-electron chi connectivity index (χ1n) is 9.40. The van der Waals surface area contributed by atoms with Gasteiger partial charge in [0.05, 0.1) is 34.9 Å². The van der Waals surface area contributed by atoms with Crippen molar-refractivity contribution < 1.29 is 22.5 Å². The zero-order chi connectivity index (χ0) is 21.1. The number of nitrogens with one attached hydrogen (secondary N) is 1. The number of carbonyl (C=O) groups excluding carboxylic acids is 1. The molecule has 0 bridgehead atoms. The van der Waals surface area contributed by atoms with E-state index in [0.717, 1.165) is 5.52 Å². The molecular formula is C18H21N5O5S2. The Labute approximate surface area is 177 Å². The summed E-state index contributed by atoms with van der Waals surface area (Å²) in [4.78, 5) is 16.9. The molecule has 1 saturated heterocycles. The summed E-state index contributed by atoms with van der Waals surface area (Å²) in [6, 6.07) is 6.51. The van der Waals surface area contributed by atoms with Gasteiger partial charge < -0.3 is 19.1 Å². The third-order valence-corrected chi connectivity index (χ3v) is 7.52. The molecule has 0 saturated carbocycles. The normalized spacial score (nSPS) is 15.5. The number of thioether (sulfide) groups is 1. The van der Waals surface area contributed by atoms with Gasteiger partial charge in [0.15, 0.2) is 11.0 Å². The van der Waals surface area contributed by atoms with Crippen molar-refractivity contribution in [2.24, 2.45) is 0 Å². The summed E-state index contributed by atoms with van der Waals surface area (Å²) < 4.78 is 39.2. The van der Waals surface area contributed by atoms with E-state index in [-0.39, 0.29) is 16.6 Å². The number of carbonyl (C=O) groups is 1. The van der Waals surface area contributed by atoms with Gasteiger partial charge in [-0.05, 0) is 25.1 Å². The molecule has 160 valence electrons. The monoisotopic (exact) mass is 451 g/mol. The highest BCUT2D eigenvalue weighted by Crippen LogP contribution is 2.27. The summed E-state index contributed by atoms with van der Waals surface area (Å²) >= 11 is 1.27. The van der Waals surface area contributed by atoms with Crippen LogP contribution < -0.4 is 5.32 Å². The third kappa shape index (κ3) is 4.21. The molecule has 0 aliphatic carbocycles. The molecule has 4 rings (SSSR count). The molecule has 0 unspecified atom stereocenters. The van der Waals surface area contributed by atoms with Gasteiger partial charge in [-0.2, -0.15) is 4.31 Å². The maximum Gasteiger partial charge on any atom is 0.243 e. The van der Waals surface area contributed by atoms with Gasteiger partial charge in [0.25, 0.3) is 0 Å². The number of aryl methyl sites for hydroxylation is 1. The van der Waals surface area contributed by atoms with E-state index in [4.69, 9.17) is 4.74 Å². The van der Waals surface area contributed by atoms with Crippen molar-refractivity contribution in [2.45, 2.75) is 23.5 Å². The van der Waals surface area contributed by atoms with E-state index in [2.05, 4.69) is 20.0 Å². The predicted molar refractivity (Wildman–Crippen MR) is 111 cm³/mol. The van der Waals surface area contributed by atoms with Gasteiger partial charge in [-0.25, -0.2) is 13.4 Å². The lowest BCUT2D eigenvalue weighted by Crippen LogP contribution is -2.40. The number of sulfonamides is 1. The predicted octanol–water partition coefficient (Wildman–Crippen LogP) is 1.80. The van der Waals surface area contributed by atoms with Crippen molar-refractivity contribution in [2.75, 3.05) is 37.4 Å². The van der Waals surface area contributed by atoms with Crippen molar-refractivity contribution in [1.82, 2.24) is 19.0 Å². The highest BCUT2D eigenvalue weighted by molar-refractivity contribution is 7.99. The molecule has 1 aromatic carbocycles. The van der Waals surface area contributed by atoms with E-state index >= 15 is 0 Å². The Morgan fingerprint density at radius 1 is 1.27 bits per heavy atom. The fraction of sp³-hybridized carbons (Fsp3) is 0.389. The lowest BCUT2D eigenvalue weighted by molar-refractivity contribution is -0.113. The second-order valence-corrected chi connectivity index (χ2v) is 9.41. The molecule has 1 N–H and O–H groups in total. The van der Waals surface area contributed by atoms with E-state index in [0.29, 0.717) is 49.3 Å². The van der Waals surface area contributed by atoms with Crippen LogP contribution in [0.25, 0.3) is 11.0 Å². The number of nitrogens with zero attached hydrogens (tertiary/aromatic N) is 4. The van der Waals surface area contributed by atoms with Crippen molar-refractivity contribution in [3.8, 4) is 0 Å². The van der Waals surface area contributed by atoms with Gasteiger partial charge >= 0.3 is 0 Å². The second-order valence-electron chi connectivity index (χ2n) is 6.53. The minimum atomic E-state index is -3.60. The molecule has 12 heteroatoms. The highest BCUT2D eigenvalue weighted by Gasteiger charge is 2.27. The summed E-state index contributed by atoms with van der Waals surface area (Å²) in [5.41, 5.74) is 1.39. The van der Waals surface area contributed by atoms with Crippen molar-refractivity contribution >= 4 is 44.5 Å². The summed E-state index contributed by atoms with van der Waals surface area (Å²) in [6.45, 7) is 4.07. The smallest absolute Gasteiger partial charge is 0.243 e. The van der Waals surface area contributed by atoms with Crippen LogP contribution in [0, 0.1) is 0 Å². The number of benzene rings is 1. The van der Waals surface area contributed by atoms with Crippen LogP contribution in [0.1, 0.15) is 6.92 Å². The first-order chi connectivity index (χ1) is 14.5. The van der Waals surface area contributed by atoms with Crippen LogP contribution in [0.5, 0.6) is 0 Å². The number of hydrogen-bond acceptors (Lipinski definition) is 8. The molecule has 3 heterocycles. The Bertz CT molecular complexity index is 1140. The molecule has 1 amide bonds. The van der Waals surface area contributed by atoms with Crippen molar-refractivity contribution in [3.05, 3.63) is 30.5 Å². The number of anilines is 1. The number of rotatable bonds is 7. The van der Waals surface area contributed by atoms with Crippen LogP contribution in [0.3, 0.4) is 0 Å². The fourth-order valence-corrected chi connectivity index (χ4v) is 5.49. The SMILES string of the molecule is CCn1c(SCC(=O)Nc2ccon2)nc2cc(S(=O)(=O)N3CCOCC3)ccc21. The van der Waals surface area contributed by atoms with Crippen LogP contribution in [0.15, 0.2) is 45.1 Å². The molecule has 3 aromatic rings. The minimum Gasteiger partial charge on any atom is -0.379 e. The molecule has 1 aliphatic rings. The van der Waals surface area contributed by atoms with Gasteiger partial charge in [0, 0.05) is 25.7 Å².